The summed E-state index contributed by atoms with van der Waals surface area (Å²) in [6.45, 7) is 3.12. The third kappa shape index (κ3) is 2.18. The predicted molar refractivity (Wildman–Crippen MR) is 69.3 cm³/mol. The van der Waals surface area contributed by atoms with Crippen LogP contribution in [0, 0.1) is 0 Å². The lowest BCUT2D eigenvalue weighted by Crippen LogP contribution is -2.50. The van der Waals surface area contributed by atoms with Gasteiger partial charge in [-0.15, -0.1) is 0 Å². The second-order valence-electron chi connectivity index (χ2n) is 5.34. The first-order chi connectivity index (χ1) is 8.78. The Kier molecular flexibility index (Phi) is 3.37. The number of morpholine rings is 1. The molecule has 5 nitrogen and oxygen atoms in total. The van der Waals surface area contributed by atoms with Crippen molar-refractivity contribution in [3.05, 3.63) is 18.0 Å². The van der Waals surface area contributed by atoms with Gasteiger partial charge in [-0.05, 0) is 32.5 Å². The minimum absolute atomic E-state index is 0.188. The van der Waals surface area contributed by atoms with Gasteiger partial charge in [-0.1, -0.05) is 0 Å². The lowest BCUT2D eigenvalue weighted by atomic mass is 10.0. The summed E-state index contributed by atoms with van der Waals surface area (Å²) in [6.07, 6.45) is 4.80. The lowest BCUT2D eigenvalue weighted by molar-refractivity contribution is -0.0649. The fourth-order valence-electron chi connectivity index (χ4n) is 3.17. The van der Waals surface area contributed by atoms with Gasteiger partial charge in [0.2, 0.25) is 0 Å². The topological polar surface area (TPSA) is 42.3 Å². The van der Waals surface area contributed by atoms with Gasteiger partial charge < -0.3 is 10.1 Å². The van der Waals surface area contributed by atoms with Crippen LogP contribution in [0.25, 0.3) is 0 Å². The molecule has 2 aliphatic rings. The zero-order valence-corrected chi connectivity index (χ0v) is 11.2. The molecule has 0 bridgehead atoms. The number of hydrogen-bond donors (Lipinski definition) is 1. The highest BCUT2D eigenvalue weighted by molar-refractivity contribution is 5.09. The van der Waals surface area contributed by atoms with E-state index in [1.165, 1.54) is 19.4 Å². The van der Waals surface area contributed by atoms with Crippen LogP contribution in [-0.4, -0.2) is 53.6 Å². The Morgan fingerprint density at radius 1 is 1.56 bits per heavy atom. The molecule has 0 amide bonds. The first-order valence-corrected chi connectivity index (χ1v) is 6.80. The molecule has 100 valence electrons. The maximum Gasteiger partial charge on any atom is 0.0913 e. The highest BCUT2D eigenvalue weighted by atomic mass is 16.5. The molecule has 0 aliphatic carbocycles. The second kappa shape index (κ2) is 4.99. The van der Waals surface area contributed by atoms with Crippen molar-refractivity contribution >= 4 is 0 Å². The van der Waals surface area contributed by atoms with Crippen LogP contribution in [0.1, 0.15) is 24.6 Å². The normalized spacial score (nSPS) is 30.3. The summed E-state index contributed by atoms with van der Waals surface area (Å²) in [4.78, 5) is 2.57. The molecule has 2 fully saturated rings. The molecule has 1 N–H and O–H groups in total. The number of aromatic nitrogens is 2. The number of nitrogens with zero attached hydrogens (tertiary/aromatic N) is 3. The van der Waals surface area contributed by atoms with E-state index < -0.39 is 0 Å². The van der Waals surface area contributed by atoms with E-state index in [1.54, 1.807) is 0 Å². The van der Waals surface area contributed by atoms with Crippen molar-refractivity contribution < 1.29 is 4.74 Å². The number of hydrogen-bond acceptors (Lipinski definition) is 4. The predicted octanol–water partition coefficient (Wildman–Crippen LogP) is 0.544. The number of rotatable bonds is 3. The number of aryl methyl sites for hydroxylation is 1. The Morgan fingerprint density at radius 3 is 3.17 bits per heavy atom. The molecule has 0 radical (unpaired) electrons. The van der Waals surface area contributed by atoms with Crippen LogP contribution >= 0.6 is 0 Å². The standard InChI is InChI=1S/C13H22N4O/c1-14-13(11-5-7-16(2)15-11)12-8-17-6-3-4-10(17)9-18-12/h5,7,10,12-14H,3-4,6,8-9H2,1-2H3. The largest absolute Gasteiger partial charge is 0.373 e. The molecule has 18 heavy (non-hydrogen) atoms. The van der Waals surface area contributed by atoms with Crippen LogP contribution in [0.15, 0.2) is 12.3 Å². The number of likely N-dealkylation sites (N-methyl/N-ethyl adjacent to an activating group) is 1. The summed E-state index contributed by atoms with van der Waals surface area (Å²) in [5.41, 5.74) is 1.07. The van der Waals surface area contributed by atoms with E-state index in [9.17, 15) is 0 Å². The van der Waals surface area contributed by atoms with Crippen LogP contribution in [0.2, 0.25) is 0 Å². The first-order valence-electron chi connectivity index (χ1n) is 6.80. The molecule has 3 atom stereocenters. The van der Waals surface area contributed by atoms with E-state index >= 15 is 0 Å². The maximum atomic E-state index is 6.06. The summed E-state index contributed by atoms with van der Waals surface area (Å²) >= 11 is 0. The monoisotopic (exact) mass is 250 g/mol. The average Bonchev–Trinajstić information content (AvgIpc) is 2.99. The summed E-state index contributed by atoms with van der Waals surface area (Å²) in [5.74, 6) is 0. The van der Waals surface area contributed by atoms with Crippen LogP contribution in [0.3, 0.4) is 0 Å². The van der Waals surface area contributed by atoms with Gasteiger partial charge >= 0.3 is 0 Å². The summed E-state index contributed by atoms with van der Waals surface area (Å²) in [6, 6.07) is 2.91. The SMILES string of the molecule is CNC(c1ccn(C)n1)C1CN2CCCC2CO1. The molecule has 5 heteroatoms. The minimum atomic E-state index is 0.188. The van der Waals surface area contributed by atoms with Gasteiger partial charge in [0.25, 0.3) is 0 Å². The van der Waals surface area contributed by atoms with Gasteiger partial charge in [-0.25, -0.2) is 0 Å². The van der Waals surface area contributed by atoms with Crippen molar-refractivity contribution in [3.63, 3.8) is 0 Å². The van der Waals surface area contributed by atoms with Crippen molar-refractivity contribution in [1.29, 1.82) is 0 Å². The second-order valence-corrected chi connectivity index (χ2v) is 5.34. The Balaban J connectivity index is 1.72. The Labute approximate surface area is 108 Å². The third-order valence-electron chi connectivity index (χ3n) is 4.15. The van der Waals surface area contributed by atoms with Gasteiger partial charge in [-0.2, -0.15) is 5.10 Å². The van der Waals surface area contributed by atoms with Crippen molar-refractivity contribution in [3.8, 4) is 0 Å². The summed E-state index contributed by atoms with van der Waals surface area (Å²) in [5, 5.41) is 7.85. The van der Waals surface area contributed by atoms with Gasteiger partial charge in [-0.3, -0.25) is 9.58 Å². The van der Waals surface area contributed by atoms with Gasteiger partial charge in [0.15, 0.2) is 0 Å². The van der Waals surface area contributed by atoms with Crippen LogP contribution in [-0.2, 0) is 11.8 Å². The third-order valence-corrected chi connectivity index (χ3v) is 4.15. The number of ether oxygens (including phenoxy) is 1. The zero-order valence-electron chi connectivity index (χ0n) is 11.2. The molecule has 1 aromatic rings. The van der Waals surface area contributed by atoms with Crippen molar-refractivity contribution in [2.45, 2.75) is 31.0 Å². The molecular formula is C13H22N4O. The Morgan fingerprint density at radius 2 is 2.44 bits per heavy atom. The molecule has 2 saturated heterocycles. The number of nitrogens with one attached hydrogen (secondary N) is 1. The van der Waals surface area contributed by atoms with E-state index in [2.05, 4.69) is 21.4 Å². The van der Waals surface area contributed by atoms with Gasteiger partial charge in [0.1, 0.15) is 0 Å². The van der Waals surface area contributed by atoms with E-state index in [1.807, 2.05) is 25.0 Å². The Hall–Kier alpha value is -0.910. The molecule has 3 rings (SSSR count). The minimum Gasteiger partial charge on any atom is -0.373 e. The molecule has 0 saturated carbocycles. The Bertz CT molecular complexity index is 405. The van der Waals surface area contributed by atoms with Crippen LogP contribution < -0.4 is 5.32 Å². The molecule has 2 aliphatic heterocycles. The highest BCUT2D eigenvalue weighted by Crippen LogP contribution is 2.27. The van der Waals surface area contributed by atoms with E-state index in [-0.39, 0.29) is 12.1 Å². The molecule has 3 heterocycles. The van der Waals surface area contributed by atoms with Crippen LogP contribution in [0.4, 0.5) is 0 Å². The molecule has 3 unspecified atom stereocenters. The lowest BCUT2D eigenvalue weighted by Gasteiger charge is -2.38. The van der Waals surface area contributed by atoms with Crippen molar-refractivity contribution in [2.75, 3.05) is 26.7 Å². The van der Waals surface area contributed by atoms with Crippen LogP contribution in [0.5, 0.6) is 0 Å². The summed E-state index contributed by atoms with van der Waals surface area (Å²) in [7, 11) is 3.94. The van der Waals surface area contributed by atoms with Crippen molar-refractivity contribution in [1.82, 2.24) is 20.0 Å². The van der Waals surface area contributed by atoms with E-state index in [4.69, 9.17) is 4.74 Å². The van der Waals surface area contributed by atoms with Crippen molar-refractivity contribution in [2.24, 2.45) is 7.05 Å². The first kappa shape index (κ1) is 12.1. The van der Waals surface area contributed by atoms with E-state index in [0.29, 0.717) is 6.04 Å². The quantitative estimate of drug-likeness (QED) is 0.850. The van der Waals surface area contributed by atoms with Gasteiger partial charge in [0.05, 0.1) is 24.4 Å². The highest BCUT2D eigenvalue weighted by Gasteiger charge is 2.36. The molecular weight excluding hydrogens is 228 g/mol. The molecule has 1 aromatic heterocycles. The fraction of sp³-hybridized carbons (Fsp3) is 0.769. The fourth-order valence-corrected chi connectivity index (χ4v) is 3.17. The van der Waals surface area contributed by atoms with Gasteiger partial charge in [0, 0.05) is 25.8 Å². The average molecular weight is 250 g/mol. The summed E-state index contributed by atoms with van der Waals surface area (Å²) < 4.78 is 7.90. The maximum absolute atomic E-state index is 6.06. The zero-order chi connectivity index (χ0) is 12.5. The molecule has 0 aromatic carbocycles. The number of fused-ring (bicyclic) bond motifs is 1. The smallest absolute Gasteiger partial charge is 0.0913 e. The van der Waals surface area contributed by atoms with E-state index in [0.717, 1.165) is 18.8 Å². The molecule has 0 spiro atoms.